The molecule has 3 atom stereocenters. The summed E-state index contributed by atoms with van der Waals surface area (Å²) in [5.41, 5.74) is 4.94. The number of terminal acetylenes is 1. The van der Waals surface area contributed by atoms with Crippen molar-refractivity contribution in [2.45, 2.75) is 75.7 Å². The zero-order valence-electron chi connectivity index (χ0n) is 38.7. The van der Waals surface area contributed by atoms with Crippen molar-refractivity contribution in [3.8, 4) is 35.4 Å². The van der Waals surface area contributed by atoms with Gasteiger partial charge in [-0.25, -0.2) is 8.78 Å². The maximum Gasteiger partial charge on any atom is 0.319 e. The molecule has 5 fully saturated rings. The highest BCUT2D eigenvalue weighted by Crippen LogP contribution is 2.47. The number of pyridine rings is 1. The van der Waals surface area contributed by atoms with Crippen LogP contribution in [-0.2, 0) is 22.7 Å². The lowest BCUT2D eigenvalue weighted by molar-refractivity contribution is -0.136. The molecule has 1 saturated carbocycles. The van der Waals surface area contributed by atoms with Crippen molar-refractivity contribution in [2.24, 2.45) is 5.41 Å². The maximum absolute atomic E-state index is 17.1. The number of amides is 3. The molecule has 3 N–H and O–H groups in total. The number of nitrogens with one attached hydrogen (secondary N) is 2. The second kappa shape index (κ2) is 17.0. The first-order chi connectivity index (χ1) is 33.9. The van der Waals surface area contributed by atoms with E-state index in [-0.39, 0.29) is 75.2 Å². The van der Waals surface area contributed by atoms with Gasteiger partial charge in [-0.15, -0.1) is 6.42 Å². The van der Waals surface area contributed by atoms with E-state index in [0.29, 0.717) is 60.7 Å². The summed E-state index contributed by atoms with van der Waals surface area (Å²) in [5, 5.41) is 17.9. The van der Waals surface area contributed by atoms with Crippen molar-refractivity contribution in [3.05, 3.63) is 112 Å². The number of imide groups is 1. The van der Waals surface area contributed by atoms with Crippen LogP contribution in [0.4, 0.5) is 20.3 Å². The highest BCUT2D eigenvalue weighted by Gasteiger charge is 2.45. The predicted molar refractivity (Wildman–Crippen MR) is 259 cm³/mol. The number of hydrogen-bond donors (Lipinski definition) is 3. The van der Waals surface area contributed by atoms with E-state index in [1.165, 1.54) is 35.4 Å². The quantitative estimate of drug-likeness (QED) is 0.0918. The van der Waals surface area contributed by atoms with Crippen LogP contribution in [0.25, 0.3) is 32.9 Å². The first-order valence-electron chi connectivity index (χ1n) is 24.1. The van der Waals surface area contributed by atoms with Crippen molar-refractivity contribution in [1.29, 1.82) is 0 Å². The summed E-state index contributed by atoms with van der Waals surface area (Å²) in [4.78, 5) is 59.9. The van der Waals surface area contributed by atoms with E-state index in [1.54, 1.807) is 11.1 Å². The van der Waals surface area contributed by atoms with Crippen molar-refractivity contribution < 1.29 is 33.0 Å². The van der Waals surface area contributed by atoms with E-state index in [1.807, 2.05) is 12.1 Å². The third kappa shape index (κ3) is 7.90. The molecule has 356 valence electrons. The molecule has 0 radical (unpaired) electrons. The van der Waals surface area contributed by atoms with Gasteiger partial charge in [0.2, 0.25) is 11.8 Å². The highest BCUT2D eigenvalue weighted by molar-refractivity contribution is 6.06. The van der Waals surface area contributed by atoms with Crippen LogP contribution in [0.2, 0.25) is 0 Å². The topological polar surface area (TPSA) is 156 Å². The number of piperazine rings is 1. The zero-order valence-corrected chi connectivity index (χ0v) is 38.7. The number of nitrogens with zero attached hydrogens (tertiary/aromatic N) is 7. The molecule has 0 spiro atoms. The van der Waals surface area contributed by atoms with Crippen LogP contribution in [0.5, 0.6) is 11.8 Å². The van der Waals surface area contributed by atoms with Gasteiger partial charge in [-0.05, 0) is 97.6 Å². The van der Waals surface area contributed by atoms with Crippen LogP contribution in [0.15, 0.2) is 72.9 Å². The molecule has 2 aromatic heterocycles. The number of ether oxygens (including phenoxy) is 1. The first-order valence-corrected chi connectivity index (χ1v) is 24.1. The second-order valence-corrected chi connectivity index (χ2v) is 20.3. The van der Waals surface area contributed by atoms with E-state index in [0.717, 1.165) is 63.1 Å². The Morgan fingerprint density at radius 3 is 2.46 bits per heavy atom. The summed E-state index contributed by atoms with van der Waals surface area (Å²) < 4.78 is 38.6. The van der Waals surface area contributed by atoms with Crippen LogP contribution in [0.1, 0.15) is 77.1 Å². The number of hydrogen-bond acceptors (Lipinski definition) is 12. The minimum Gasteiger partial charge on any atom is -0.508 e. The molecule has 7 heterocycles. The van der Waals surface area contributed by atoms with E-state index >= 15 is 8.78 Å². The van der Waals surface area contributed by atoms with Gasteiger partial charge in [-0.3, -0.25) is 24.7 Å². The number of phenolic OH excluding ortho intramolecular Hbond substituents is 1. The van der Waals surface area contributed by atoms with Crippen LogP contribution < -0.4 is 25.2 Å². The van der Waals surface area contributed by atoms with Gasteiger partial charge in [-0.2, -0.15) is 9.97 Å². The van der Waals surface area contributed by atoms with Crippen LogP contribution in [0, 0.1) is 29.4 Å². The van der Waals surface area contributed by atoms with Gasteiger partial charge < -0.3 is 34.8 Å². The molecule has 70 heavy (non-hydrogen) atoms. The zero-order chi connectivity index (χ0) is 48.0. The van der Waals surface area contributed by atoms with E-state index < -0.39 is 23.6 Å². The lowest BCUT2D eigenvalue weighted by Gasteiger charge is -2.41. The number of rotatable bonds is 12. The van der Waals surface area contributed by atoms with Gasteiger partial charge in [0.1, 0.15) is 34.6 Å². The molecule has 14 nitrogen and oxygen atoms in total. The Bertz CT molecular complexity index is 3190. The predicted octanol–water partition coefficient (Wildman–Crippen LogP) is 6.41. The van der Waals surface area contributed by atoms with Crippen molar-refractivity contribution in [2.75, 3.05) is 56.2 Å². The maximum atomic E-state index is 17.1. The number of carbonyl (C=O) groups is 3. The van der Waals surface area contributed by atoms with E-state index in [2.05, 4.69) is 78.6 Å². The van der Waals surface area contributed by atoms with Gasteiger partial charge in [0.25, 0.3) is 5.91 Å². The Morgan fingerprint density at radius 2 is 1.71 bits per heavy atom. The Hall–Kier alpha value is -7.22. The number of fused-ring (bicyclic) bond motifs is 5. The van der Waals surface area contributed by atoms with Crippen LogP contribution in [0.3, 0.4) is 0 Å². The minimum atomic E-state index is -0.746. The summed E-state index contributed by atoms with van der Waals surface area (Å²) in [6.45, 7) is 5.35. The molecule has 3 amide bonds. The first kappa shape index (κ1) is 44.0. The van der Waals surface area contributed by atoms with Gasteiger partial charge in [-0.1, -0.05) is 36.3 Å². The number of aromatic nitrogens is 3. The molecule has 3 unspecified atom stereocenters. The summed E-state index contributed by atoms with van der Waals surface area (Å²) in [6.07, 6.45) is 11.9. The third-order valence-electron chi connectivity index (χ3n) is 15.3. The fourth-order valence-corrected chi connectivity index (χ4v) is 11.5. The SMILES string of the molecule is C#Cc1c(F)ccc2cc(O)cc(-c3ncc4c(N5CC6CCC(C5)N6)nc(OCC5(CN(C)Cc6ccc(C7CN(c8ccc9c(c8)CN(C8CCC(=O)NC8=O)C9=O)C7)cc6)CC5)nc4c3F)c12. The molecule has 16 heteroatoms. The number of benzene rings is 4. The second-order valence-electron chi connectivity index (χ2n) is 20.3. The molecule has 4 saturated heterocycles. The smallest absolute Gasteiger partial charge is 0.319 e. The van der Waals surface area contributed by atoms with Gasteiger partial charge >= 0.3 is 6.01 Å². The number of carbonyl (C=O) groups excluding carboxylic acids is 3. The molecule has 2 bridgehead atoms. The number of aromatic hydroxyl groups is 1. The lowest BCUT2D eigenvalue weighted by atomic mass is 9.90. The molecular weight excluding hydrogens is 893 g/mol. The fraction of sp³-hybridized carbons (Fsp3) is 0.370. The Labute approximate surface area is 403 Å². The molecule has 6 aromatic rings. The standard InChI is InChI=1S/C54H51F2N9O5/c1-3-39-43(55)13-8-32-19-38(66)20-41(46(32)39)48-47(56)49-42(21-57-48)50(64-26-35-9-10-36(27-64)58-35)61-53(60-49)70-29-54(16-17-54)28-62(2)22-30-4-6-31(7-5-30)34-23-63(24-34)37-11-12-40-33(18-37)25-65(52(40)69)44-14-15-45(67)59-51(44)68/h1,4-8,11-13,18-21,34-36,44,58,66H,9-10,14-17,22-29H2,2H3,(H,59,67,68). The van der Waals surface area contributed by atoms with Gasteiger partial charge in [0.05, 0.1) is 17.6 Å². The summed E-state index contributed by atoms with van der Waals surface area (Å²) in [7, 11) is 2.11. The normalized spacial score (nSPS) is 21.6. The molecule has 6 aliphatic rings. The monoisotopic (exact) mass is 943 g/mol. The number of anilines is 2. The minimum absolute atomic E-state index is 0.0204. The Morgan fingerprint density at radius 1 is 0.929 bits per heavy atom. The van der Waals surface area contributed by atoms with Crippen LogP contribution in [-0.4, -0.2) is 112 Å². The summed E-state index contributed by atoms with van der Waals surface area (Å²) >= 11 is 0. The third-order valence-corrected chi connectivity index (χ3v) is 15.3. The van der Waals surface area contributed by atoms with Crippen LogP contribution >= 0.6 is 0 Å². The molecule has 12 rings (SSSR count). The number of phenols is 1. The van der Waals surface area contributed by atoms with Crippen molar-refractivity contribution in [1.82, 2.24) is 35.4 Å². The van der Waals surface area contributed by atoms with E-state index in [4.69, 9.17) is 16.1 Å². The number of piperidine rings is 1. The van der Waals surface area contributed by atoms with Gasteiger partial charge in [0, 0.05) is 104 Å². The summed E-state index contributed by atoms with van der Waals surface area (Å²) in [5.74, 6) is 0.942. The number of halogens is 2. The summed E-state index contributed by atoms with van der Waals surface area (Å²) in [6, 6.07) is 20.3. The Kier molecular flexibility index (Phi) is 10.7. The molecule has 4 aromatic carbocycles. The molecule has 5 aliphatic heterocycles. The van der Waals surface area contributed by atoms with E-state index in [9.17, 15) is 19.5 Å². The molecule has 1 aliphatic carbocycles. The van der Waals surface area contributed by atoms with Crippen molar-refractivity contribution in [3.63, 3.8) is 0 Å². The Balaban J connectivity index is 0.713. The average molecular weight is 944 g/mol. The average Bonchev–Trinajstić information content (AvgIpc) is 3.90. The fourth-order valence-electron chi connectivity index (χ4n) is 11.5. The molecular formula is C54H51F2N9O5. The van der Waals surface area contributed by atoms with Crippen molar-refractivity contribution >= 4 is 50.9 Å². The highest BCUT2D eigenvalue weighted by atomic mass is 19.1. The lowest BCUT2D eigenvalue weighted by Crippen LogP contribution is -2.52. The van der Waals surface area contributed by atoms with Gasteiger partial charge in [0.15, 0.2) is 5.82 Å². The largest absolute Gasteiger partial charge is 0.508 e.